The van der Waals surface area contributed by atoms with Crippen molar-refractivity contribution in [3.63, 3.8) is 0 Å². The minimum Gasteiger partial charge on any atom is -0.489 e. The van der Waals surface area contributed by atoms with Gasteiger partial charge in [0, 0.05) is 26.5 Å². The molecule has 0 fully saturated rings. The van der Waals surface area contributed by atoms with E-state index in [-0.39, 0.29) is 6.61 Å². The Bertz CT molecular complexity index is 1260. The van der Waals surface area contributed by atoms with Crippen LogP contribution in [0.15, 0.2) is 63.4 Å². The van der Waals surface area contributed by atoms with Gasteiger partial charge < -0.3 is 14.8 Å². The largest absolute Gasteiger partial charge is 0.489 e. The average molecular weight is 592 g/mol. The van der Waals surface area contributed by atoms with Crippen LogP contribution in [0.4, 0.5) is 5.95 Å². The highest BCUT2D eigenvalue weighted by molar-refractivity contribution is 9.10. The smallest absolute Gasteiger partial charge is 0.338 e. The summed E-state index contributed by atoms with van der Waals surface area (Å²) in [6.45, 7) is 6.41. The van der Waals surface area contributed by atoms with Gasteiger partial charge in [0.05, 0.1) is 12.2 Å². The summed E-state index contributed by atoms with van der Waals surface area (Å²) in [6.07, 6.45) is 2.17. The van der Waals surface area contributed by atoms with E-state index in [4.69, 9.17) is 31.2 Å². The number of halogens is 2. The fourth-order valence-electron chi connectivity index (χ4n) is 3.87. The zero-order valence-corrected chi connectivity index (χ0v) is 23.5. The number of fused-ring (bicyclic) bond motifs is 1. The molecule has 190 valence electrons. The van der Waals surface area contributed by atoms with E-state index in [2.05, 4.69) is 28.2 Å². The SMILES string of the molecule is CCCCSc1nc2n(n1)C(c1cc(Br)ccc1OCc1ccc(Cl)cc1)C(C(=O)OCC)=C(C)N2. The molecule has 2 aromatic carbocycles. The van der Waals surface area contributed by atoms with E-state index in [1.165, 1.54) is 0 Å². The minimum atomic E-state index is -0.578. The summed E-state index contributed by atoms with van der Waals surface area (Å²) in [5.41, 5.74) is 2.89. The van der Waals surface area contributed by atoms with Crippen LogP contribution in [-0.4, -0.2) is 33.1 Å². The van der Waals surface area contributed by atoms with E-state index >= 15 is 0 Å². The first kappa shape index (κ1) is 26.6. The summed E-state index contributed by atoms with van der Waals surface area (Å²) in [5.74, 6) is 1.73. The zero-order valence-electron chi connectivity index (χ0n) is 20.4. The van der Waals surface area contributed by atoms with E-state index in [1.54, 1.807) is 23.4 Å². The Morgan fingerprint density at radius 1 is 1.22 bits per heavy atom. The minimum absolute atomic E-state index is 0.267. The molecule has 0 radical (unpaired) electrons. The van der Waals surface area contributed by atoms with Crippen molar-refractivity contribution in [3.8, 4) is 5.75 Å². The van der Waals surface area contributed by atoms with Crippen LogP contribution < -0.4 is 10.1 Å². The number of hydrogen-bond donors (Lipinski definition) is 1. The Morgan fingerprint density at radius 3 is 2.72 bits per heavy atom. The van der Waals surface area contributed by atoms with Gasteiger partial charge in [-0.2, -0.15) is 4.98 Å². The number of nitrogens with zero attached hydrogens (tertiary/aromatic N) is 3. The van der Waals surface area contributed by atoms with Crippen LogP contribution in [-0.2, 0) is 16.1 Å². The van der Waals surface area contributed by atoms with Crippen LogP contribution in [0.1, 0.15) is 50.8 Å². The van der Waals surface area contributed by atoms with Gasteiger partial charge in [-0.25, -0.2) is 9.48 Å². The molecule has 7 nitrogen and oxygen atoms in total. The third kappa shape index (κ3) is 6.07. The van der Waals surface area contributed by atoms with Gasteiger partial charge in [-0.15, -0.1) is 5.10 Å². The lowest BCUT2D eigenvalue weighted by molar-refractivity contribution is -0.139. The standard InChI is InChI=1S/C26H28BrClN4O3S/c1-4-6-13-36-26-30-25-29-16(3)22(24(33)34-5-2)23(32(25)31-26)20-14-18(27)9-12-21(20)35-15-17-7-10-19(28)11-8-17/h7-12,14,23H,4-6,13,15H2,1-3H3,(H,29,30,31). The maximum absolute atomic E-state index is 13.2. The van der Waals surface area contributed by atoms with Crippen molar-refractivity contribution in [3.05, 3.63) is 74.4 Å². The number of nitrogens with one attached hydrogen (secondary N) is 1. The van der Waals surface area contributed by atoms with Gasteiger partial charge in [-0.3, -0.25) is 0 Å². The third-order valence-corrected chi connectivity index (χ3v) is 7.30. The molecule has 2 heterocycles. The van der Waals surface area contributed by atoms with Crippen LogP contribution in [0, 0.1) is 0 Å². The highest BCUT2D eigenvalue weighted by atomic mass is 79.9. The molecule has 1 aliphatic heterocycles. The van der Waals surface area contributed by atoms with Gasteiger partial charge in [-0.1, -0.05) is 64.8 Å². The molecule has 1 N–H and O–H groups in total. The van der Waals surface area contributed by atoms with Crippen LogP contribution in [0.25, 0.3) is 0 Å². The molecular formula is C26H28BrClN4O3S. The monoisotopic (exact) mass is 590 g/mol. The number of hydrogen-bond acceptors (Lipinski definition) is 7. The molecule has 10 heteroatoms. The number of esters is 1. The Balaban J connectivity index is 1.76. The van der Waals surface area contributed by atoms with Crippen LogP contribution in [0.2, 0.25) is 5.02 Å². The summed E-state index contributed by atoms with van der Waals surface area (Å²) in [6, 6.07) is 12.7. The average Bonchev–Trinajstić information content (AvgIpc) is 3.26. The van der Waals surface area contributed by atoms with Crippen molar-refractivity contribution < 1.29 is 14.3 Å². The molecule has 1 aromatic heterocycles. The number of carbonyl (C=O) groups excluding carboxylic acids is 1. The van der Waals surface area contributed by atoms with Crippen LogP contribution in [0.3, 0.4) is 0 Å². The summed E-state index contributed by atoms with van der Waals surface area (Å²) in [7, 11) is 0. The molecule has 1 unspecified atom stereocenters. The molecule has 36 heavy (non-hydrogen) atoms. The van der Waals surface area contributed by atoms with Crippen LogP contribution >= 0.6 is 39.3 Å². The first-order chi connectivity index (χ1) is 17.4. The van der Waals surface area contributed by atoms with Crippen molar-refractivity contribution in [1.82, 2.24) is 14.8 Å². The lowest BCUT2D eigenvalue weighted by Crippen LogP contribution is -2.30. The number of unbranched alkanes of at least 4 members (excludes halogenated alkanes) is 1. The molecule has 1 atom stereocenters. The van der Waals surface area contributed by atoms with Crippen molar-refractivity contribution in [2.24, 2.45) is 0 Å². The Kier molecular flexibility index (Phi) is 8.98. The summed E-state index contributed by atoms with van der Waals surface area (Å²) >= 11 is 11.2. The number of rotatable bonds is 10. The zero-order chi connectivity index (χ0) is 25.7. The van der Waals surface area contributed by atoms with Gasteiger partial charge in [-0.05, 0) is 56.2 Å². The summed E-state index contributed by atoms with van der Waals surface area (Å²) < 4.78 is 14.3. The maximum atomic E-state index is 13.2. The Hall–Kier alpha value is -2.49. The second kappa shape index (κ2) is 12.2. The Labute approximate surface area is 228 Å². The molecule has 0 spiro atoms. The number of thioether (sulfide) groups is 1. The lowest BCUT2D eigenvalue weighted by Gasteiger charge is -2.29. The summed E-state index contributed by atoms with van der Waals surface area (Å²) in [5, 5.41) is 9.36. The number of anilines is 1. The van der Waals surface area contributed by atoms with Crippen molar-refractivity contribution in [1.29, 1.82) is 0 Å². The highest BCUT2D eigenvalue weighted by Gasteiger charge is 2.37. The van der Waals surface area contributed by atoms with Gasteiger partial charge in [0.15, 0.2) is 0 Å². The Morgan fingerprint density at radius 2 is 2.00 bits per heavy atom. The molecule has 0 bridgehead atoms. The maximum Gasteiger partial charge on any atom is 0.338 e. The second-order valence-corrected chi connectivity index (χ2v) is 10.7. The molecule has 0 aliphatic carbocycles. The predicted octanol–water partition coefficient (Wildman–Crippen LogP) is 7.02. The van der Waals surface area contributed by atoms with E-state index in [1.807, 2.05) is 49.4 Å². The van der Waals surface area contributed by atoms with Crippen molar-refractivity contribution in [2.75, 3.05) is 17.7 Å². The highest BCUT2D eigenvalue weighted by Crippen LogP contribution is 2.41. The number of benzene rings is 2. The van der Waals surface area contributed by atoms with Crippen LogP contribution in [0.5, 0.6) is 5.75 Å². The number of ether oxygens (including phenoxy) is 2. The fraction of sp³-hybridized carbons (Fsp3) is 0.346. The van der Waals surface area contributed by atoms with E-state index in [0.29, 0.717) is 39.8 Å². The molecule has 0 saturated carbocycles. The summed E-state index contributed by atoms with van der Waals surface area (Å²) in [4.78, 5) is 17.9. The molecule has 0 saturated heterocycles. The number of allylic oxidation sites excluding steroid dienone is 1. The van der Waals surface area contributed by atoms with Crippen molar-refractivity contribution >= 4 is 51.2 Å². The lowest BCUT2D eigenvalue weighted by atomic mass is 9.95. The van der Waals surface area contributed by atoms with E-state index < -0.39 is 12.0 Å². The first-order valence-corrected chi connectivity index (χ1v) is 14.0. The van der Waals surface area contributed by atoms with Gasteiger partial charge in [0.25, 0.3) is 0 Å². The second-order valence-electron chi connectivity index (χ2n) is 8.25. The predicted molar refractivity (Wildman–Crippen MR) is 147 cm³/mol. The number of carbonyl (C=O) groups is 1. The molecule has 3 aromatic rings. The molecule has 1 aliphatic rings. The van der Waals surface area contributed by atoms with E-state index in [9.17, 15) is 4.79 Å². The molecule has 0 amide bonds. The third-order valence-electron chi connectivity index (χ3n) is 5.63. The normalized spacial score (nSPS) is 14.9. The quantitative estimate of drug-likeness (QED) is 0.154. The molecular weight excluding hydrogens is 564 g/mol. The topological polar surface area (TPSA) is 78.3 Å². The van der Waals surface area contributed by atoms with Gasteiger partial charge in [0.2, 0.25) is 11.1 Å². The van der Waals surface area contributed by atoms with E-state index in [0.717, 1.165) is 34.2 Å². The fourth-order valence-corrected chi connectivity index (χ4v) is 5.28. The first-order valence-electron chi connectivity index (χ1n) is 11.8. The number of aromatic nitrogens is 3. The van der Waals surface area contributed by atoms with Crippen molar-refractivity contribution in [2.45, 2.75) is 51.4 Å². The molecule has 4 rings (SSSR count). The van der Waals surface area contributed by atoms with Gasteiger partial charge in [0.1, 0.15) is 18.4 Å². The van der Waals surface area contributed by atoms with Gasteiger partial charge >= 0.3 is 5.97 Å².